The minimum atomic E-state index is -4.23. The summed E-state index contributed by atoms with van der Waals surface area (Å²) < 4.78 is 44.3. The number of hydrogen-bond donors (Lipinski definition) is 1. The van der Waals surface area contributed by atoms with Gasteiger partial charge in [0.2, 0.25) is 0 Å². The van der Waals surface area contributed by atoms with Gasteiger partial charge in [0, 0.05) is 18.3 Å². The van der Waals surface area contributed by atoms with Gasteiger partial charge in [-0.2, -0.15) is 13.2 Å². The molecule has 0 amide bonds. The summed E-state index contributed by atoms with van der Waals surface area (Å²) in [6.07, 6.45) is 2.08. The van der Waals surface area contributed by atoms with Crippen molar-refractivity contribution >= 4 is 23.4 Å². The molecule has 3 aromatic rings. The van der Waals surface area contributed by atoms with E-state index < -0.39 is 18.6 Å². The quantitative estimate of drug-likeness (QED) is 0.539. The van der Waals surface area contributed by atoms with Gasteiger partial charge in [0.1, 0.15) is 0 Å². The fourth-order valence-electron chi connectivity index (χ4n) is 3.24. The van der Waals surface area contributed by atoms with E-state index in [4.69, 9.17) is 4.74 Å². The largest absolute Gasteiger partial charge is 0.465 e. The zero-order chi connectivity index (χ0) is 21.9. The summed E-state index contributed by atoms with van der Waals surface area (Å²) >= 11 is 0. The van der Waals surface area contributed by atoms with Crippen molar-refractivity contribution in [2.45, 2.75) is 26.4 Å². The summed E-state index contributed by atoms with van der Waals surface area (Å²) in [7, 11) is 1.33. The number of carbonyl (C=O) groups is 1. The van der Waals surface area contributed by atoms with E-state index in [1.54, 1.807) is 24.4 Å². The van der Waals surface area contributed by atoms with Gasteiger partial charge in [-0.05, 0) is 43.2 Å². The lowest BCUT2D eigenvalue weighted by molar-refractivity contribution is -0.131. The van der Waals surface area contributed by atoms with Crippen molar-refractivity contribution in [3.63, 3.8) is 0 Å². The Balaban J connectivity index is 2.05. The van der Waals surface area contributed by atoms with Gasteiger partial charge >= 0.3 is 12.1 Å². The first-order valence-corrected chi connectivity index (χ1v) is 9.37. The third-order valence-electron chi connectivity index (χ3n) is 4.64. The number of esters is 1. The number of ether oxygens (including phenoxy) is 1. The van der Waals surface area contributed by atoms with Gasteiger partial charge in [0.25, 0.3) is 0 Å². The predicted molar refractivity (Wildman–Crippen MR) is 111 cm³/mol. The molecule has 8 heteroatoms. The van der Waals surface area contributed by atoms with E-state index in [2.05, 4.69) is 10.3 Å². The monoisotopic (exact) mass is 417 g/mol. The van der Waals surface area contributed by atoms with Crippen molar-refractivity contribution in [2.75, 3.05) is 19.0 Å². The number of hydrogen-bond acceptors (Lipinski definition) is 4. The molecule has 0 spiro atoms. The molecular weight excluding hydrogens is 395 g/mol. The Bertz CT molecular complexity index is 1100. The maximum Gasteiger partial charge on any atom is 0.390 e. The van der Waals surface area contributed by atoms with Crippen molar-refractivity contribution in [1.82, 2.24) is 9.38 Å². The number of benzene rings is 1. The molecule has 2 aromatic heterocycles. The van der Waals surface area contributed by atoms with E-state index in [1.807, 2.05) is 42.7 Å². The van der Waals surface area contributed by atoms with Crippen LogP contribution in [0.5, 0.6) is 0 Å². The summed E-state index contributed by atoms with van der Waals surface area (Å²) in [4.78, 5) is 16.3. The Kier molecular flexibility index (Phi) is 6.14. The highest BCUT2D eigenvalue weighted by Crippen LogP contribution is 2.28. The second-order valence-electron chi connectivity index (χ2n) is 6.84. The number of halogens is 3. The van der Waals surface area contributed by atoms with Gasteiger partial charge < -0.3 is 10.1 Å². The van der Waals surface area contributed by atoms with Crippen molar-refractivity contribution in [3.8, 4) is 11.3 Å². The van der Waals surface area contributed by atoms with Crippen molar-refractivity contribution < 1.29 is 22.7 Å². The van der Waals surface area contributed by atoms with E-state index in [-0.39, 0.29) is 6.54 Å². The Morgan fingerprint density at radius 1 is 1.30 bits per heavy atom. The molecule has 1 N–H and O–H groups in total. The van der Waals surface area contributed by atoms with Crippen LogP contribution in [0.15, 0.2) is 42.7 Å². The van der Waals surface area contributed by atoms with E-state index in [9.17, 15) is 18.0 Å². The third kappa shape index (κ3) is 4.64. The number of imidazole rings is 1. The second-order valence-corrected chi connectivity index (χ2v) is 6.84. The Morgan fingerprint density at radius 2 is 2.07 bits per heavy atom. The normalized spacial score (nSPS) is 11.9. The number of alkyl halides is 3. The Hall–Kier alpha value is -3.29. The molecule has 0 aliphatic rings. The number of nitrogens with one attached hydrogen (secondary N) is 1. The second kappa shape index (κ2) is 8.61. The minimum Gasteiger partial charge on any atom is -0.465 e. The van der Waals surface area contributed by atoms with Crippen LogP contribution in [0.3, 0.4) is 0 Å². The van der Waals surface area contributed by atoms with Crippen LogP contribution in [0.4, 0.5) is 18.9 Å². The fourth-order valence-corrected chi connectivity index (χ4v) is 3.24. The maximum absolute atomic E-state index is 12.5. The summed E-state index contributed by atoms with van der Waals surface area (Å²) in [5, 5.41) is 2.85. The molecule has 0 saturated carbocycles. The lowest BCUT2D eigenvalue weighted by atomic mass is 10.0. The van der Waals surface area contributed by atoms with Crippen LogP contribution in [-0.4, -0.2) is 35.2 Å². The minimum absolute atomic E-state index is 0.242. The van der Waals surface area contributed by atoms with Crippen LogP contribution in [-0.2, 0) is 4.74 Å². The summed E-state index contributed by atoms with van der Waals surface area (Å²) in [6, 6.07) is 7.11. The molecule has 0 aliphatic carbocycles. The molecule has 0 unspecified atom stereocenters. The summed E-state index contributed by atoms with van der Waals surface area (Å²) in [5.41, 5.74) is 4.67. The number of allylic oxidation sites excluding steroid dienone is 1. The van der Waals surface area contributed by atoms with E-state index in [0.717, 1.165) is 22.4 Å². The SMILES string of the molecule is CC=Cc1cc(NCCC(F)(F)F)c2ncc(-c3ccc(C(=O)OC)c(C)c3)n2c1. The molecule has 0 fully saturated rings. The Labute approximate surface area is 172 Å². The number of nitrogens with zero attached hydrogens (tertiary/aromatic N) is 2. The van der Waals surface area contributed by atoms with E-state index in [0.29, 0.717) is 16.9 Å². The number of aryl methyl sites for hydroxylation is 1. The third-order valence-corrected chi connectivity index (χ3v) is 4.64. The zero-order valence-corrected chi connectivity index (χ0v) is 16.9. The van der Waals surface area contributed by atoms with Gasteiger partial charge in [-0.15, -0.1) is 0 Å². The topological polar surface area (TPSA) is 55.6 Å². The molecule has 2 heterocycles. The average Bonchev–Trinajstić information content (AvgIpc) is 3.10. The van der Waals surface area contributed by atoms with Crippen LogP contribution in [0.25, 0.3) is 23.0 Å². The zero-order valence-electron chi connectivity index (χ0n) is 16.9. The van der Waals surface area contributed by atoms with Gasteiger partial charge in [-0.3, -0.25) is 4.40 Å². The fraction of sp³-hybridized carbons (Fsp3) is 0.273. The molecule has 0 bridgehead atoms. The predicted octanol–water partition coefficient (Wildman–Crippen LogP) is 5.49. The summed E-state index contributed by atoms with van der Waals surface area (Å²) in [5.74, 6) is -0.413. The molecule has 158 valence electrons. The smallest absolute Gasteiger partial charge is 0.390 e. The van der Waals surface area contributed by atoms with Crippen LogP contribution >= 0.6 is 0 Å². The number of rotatable bonds is 6. The number of anilines is 1. The van der Waals surface area contributed by atoms with Crippen molar-refractivity contribution in [3.05, 3.63) is 59.4 Å². The van der Waals surface area contributed by atoms with Crippen molar-refractivity contribution in [2.24, 2.45) is 0 Å². The molecule has 1 aromatic carbocycles. The van der Waals surface area contributed by atoms with E-state index in [1.165, 1.54) is 7.11 Å². The molecular formula is C22H22F3N3O2. The first-order valence-electron chi connectivity index (χ1n) is 9.37. The van der Waals surface area contributed by atoms with Gasteiger partial charge in [0.15, 0.2) is 5.65 Å². The van der Waals surface area contributed by atoms with E-state index >= 15 is 0 Å². The number of pyridine rings is 1. The van der Waals surface area contributed by atoms with Gasteiger partial charge in [0.05, 0.1) is 36.7 Å². The van der Waals surface area contributed by atoms with Crippen molar-refractivity contribution in [1.29, 1.82) is 0 Å². The number of carbonyl (C=O) groups excluding carboxylic acids is 1. The van der Waals surface area contributed by atoms with Gasteiger partial charge in [-0.25, -0.2) is 9.78 Å². The Morgan fingerprint density at radius 3 is 2.70 bits per heavy atom. The van der Waals surface area contributed by atoms with Crippen LogP contribution in [0.1, 0.15) is 34.8 Å². The molecule has 0 atom stereocenters. The maximum atomic E-state index is 12.5. The first kappa shape index (κ1) is 21.4. The highest BCUT2D eigenvalue weighted by Gasteiger charge is 2.26. The molecule has 0 radical (unpaired) electrons. The lowest BCUT2D eigenvalue weighted by Gasteiger charge is -2.12. The average molecular weight is 417 g/mol. The number of aromatic nitrogens is 2. The molecule has 0 saturated heterocycles. The van der Waals surface area contributed by atoms with Gasteiger partial charge in [-0.1, -0.05) is 18.2 Å². The lowest BCUT2D eigenvalue weighted by Crippen LogP contribution is -2.15. The number of methoxy groups -OCH3 is 1. The van der Waals surface area contributed by atoms with Crippen LogP contribution < -0.4 is 5.32 Å². The number of fused-ring (bicyclic) bond motifs is 1. The molecule has 3 rings (SSSR count). The molecule has 30 heavy (non-hydrogen) atoms. The van der Waals surface area contributed by atoms with Crippen LogP contribution in [0.2, 0.25) is 0 Å². The standard InChI is InChI=1S/C22H22F3N3O2/c1-4-5-15-11-18(26-9-8-22(23,24)25)20-27-12-19(28(20)13-15)16-6-7-17(14(2)10-16)21(29)30-3/h4-7,10-13,26H,8-9H2,1-3H3. The first-order chi connectivity index (χ1) is 14.2. The van der Waals surface area contributed by atoms with Crippen LogP contribution in [0, 0.1) is 6.92 Å². The summed E-state index contributed by atoms with van der Waals surface area (Å²) in [6.45, 7) is 3.44. The molecule has 5 nitrogen and oxygen atoms in total. The molecule has 0 aliphatic heterocycles. The highest BCUT2D eigenvalue weighted by molar-refractivity contribution is 5.91. The highest BCUT2D eigenvalue weighted by atomic mass is 19.4.